The largest absolute Gasteiger partial charge is 0.378 e. The predicted octanol–water partition coefficient (Wildman–Crippen LogP) is 2.17. The van der Waals surface area contributed by atoms with Crippen LogP contribution in [0.4, 0.5) is 4.39 Å². The van der Waals surface area contributed by atoms with Crippen LogP contribution in [0, 0.1) is 5.82 Å². The molecule has 1 atom stereocenters. The van der Waals surface area contributed by atoms with Crippen LogP contribution in [0.5, 0.6) is 0 Å². The SMILES string of the molecule is OC1CCCCN1CCc1ccc(F)cc1. The summed E-state index contributed by atoms with van der Waals surface area (Å²) in [6.45, 7) is 1.83. The quantitative estimate of drug-likeness (QED) is 0.849. The van der Waals surface area contributed by atoms with Gasteiger partial charge in [0.05, 0.1) is 0 Å². The van der Waals surface area contributed by atoms with Crippen LogP contribution in [-0.2, 0) is 6.42 Å². The Morgan fingerprint density at radius 1 is 1.25 bits per heavy atom. The molecule has 0 spiro atoms. The van der Waals surface area contributed by atoms with Gasteiger partial charge in [-0.2, -0.15) is 0 Å². The summed E-state index contributed by atoms with van der Waals surface area (Å²) < 4.78 is 12.7. The zero-order valence-corrected chi connectivity index (χ0v) is 9.40. The van der Waals surface area contributed by atoms with Gasteiger partial charge >= 0.3 is 0 Å². The summed E-state index contributed by atoms with van der Waals surface area (Å²) >= 11 is 0. The van der Waals surface area contributed by atoms with Crippen molar-refractivity contribution in [3.05, 3.63) is 35.6 Å². The minimum atomic E-state index is -0.283. The van der Waals surface area contributed by atoms with Gasteiger partial charge in [0.1, 0.15) is 12.0 Å². The number of benzene rings is 1. The summed E-state index contributed by atoms with van der Waals surface area (Å²) in [5.74, 6) is -0.193. The van der Waals surface area contributed by atoms with Crippen LogP contribution in [0.2, 0.25) is 0 Å². The molecule has 1 heterocycles. The van der Waals surface area contributed by atoms with Crippen molar-refractivity contribution < 1.29 is 9.50 Å². The first-order chi connectivity index (χ1) is 7.75. The molecule has 0 bridgehead atoms. The first-order valence-electron chi connectivity index (χ1n) is 5.92. The summed E-state index contributed by atoms with van der Waals surface area (Å²) in [4.78, 5) is 2.10. The molecule has 1 N–H and O–H groups in total. The van der Waals surface area contributed by atoms with Crippen molar-refractivity contribution in [2.45, 2.75) is 31.9 Å². The summed E-state index contributed by atoms with van der Waals surface area (Å²) in [5.41, 5.74) is 1.12. The molecule has 0 aromatic heterocycles. The van der Waals surface area contributed by atoms with Gasteiger partial charge in [-0.3, -0.25) is 4.90 Å². The number of hydrogen-bond donors (Lipinski definition) is 1. The Morgan fingerprint density at radius 2 is 2.00 bits per heavy atom. The molecule has 2 nitrogen and oxygen atoms in total. The van der Waals surface area contributed by atoms with Crippen molar-refractivity contribution in [1.29, 1.82) is 0 Å². The van der Waals surface area contributed by atoms with Gasteiger partial charge in [0, 0.05) is 13.1 Å². The zero-order chi connectivity index (χ0) is 11.4. The van der Waals surface area contributed by atoms with Gasteiger partial charge in [0.15, 0.2) is 0 Å². The van der Waals surface area contributed by atoms with E-state index in [1.54, 1.807) is 0 Å². The lowest BCUT2D eigenvalue weighted by Gasteiger charge is -2.31. The molecule has 1 fully saturated rings. The van der Waals surface area contributed by atoms with Gasteiger partial charge in [-0.15, -0.1) is 0 Å². The molecule has 3 heteroatoms. The minimum Gasteiger partial charge on any atom is -0.378 e. The van der Waals surface area contributed by atoms with E-state index in [1.165, 1.54) is 18.6 Å². The summed E-state index contributed by atoms with van der Waals surface area (Å²) in [7, 11) is 0. The van der Waals surface area contributed by atoms with Crippen LogP contribution in [0.25, 0.3) is 0 Å². The Morgan fingerprint density at radius 3 is 2.69 bits per heavy atom. The van der Waals surface area contributed by atoms with Crippen molar-refractivity contribution in [3.63, 3.8) is 0 Å². The highest BCUT2D eigenvalue weighted by Gasteiger charge is 2.18. The summed E-state index contributed by atoms with van der Waals surface area (Å²) in [6.07, 6.45) is 3.75. The standard InChI is InChI=1S/C13H18FNO/c14-12-6-4-11(5-7-12)8-10-15-9-2-1-3-13(15)16/h4-7,13,16H,1-3,8-10H2. The predicted molar refractivity (Wildman–Crippen MR) is 61.5 cm³/mol. The number of aliphatic hydroxyl groups excluding tert-OH is 1. The highest BCUT2D eigenvalue weighted by Crippen LogP contribution is 2.15. The average Bonchev–Trinajstić information content (AvgIpc) is 2.30. The molecule has 16 heavy (non-hydrogen) atoms. The van der Waals surface area contributed by atoms with E-state index in [2.05, 4.69) is 4.90 Å². The van der Waals surface area contributed by atoms with Crippen molar-refractivity contribution >= 4 is 0 Å². The molecular weight excluding hydrogens is 205 g/mol. The number of aliphatic hydroxyl groups is 1. The Balaban J connectivity index is 1.84. The monoisotopic (exact) mass is 223 g/mol. The molecule has 1 aliphatic rings. The van der Waals surface area contributed by atoms with Crippen molar-refractivity contribution in [2.24, 2.45) is 0 Å². The fraction of sp³-hybridized carbons (Fsp3) is 0.538. The number of halogens is 1. The molecule has 88 valence electrons. The number of nitrogens with zero attached hydrogens (tertiary/aromatic N) is 1. The first-order valence-corrected chi connectivity index (χ1v) is 5.92. The van der Waals surface area contributed by atoms with E-state index >= 15 is 0 Å². The van der Waals surface area contributed by atoms with Crippen LogP contribution < -0.4 is 0 Å². The van der Waals surface area contributed by atoms with Crippen molar-refractivity contribution in [2.75, 3.05) is 13.1 Å². The second-order valence-corrected chi connectivity index (χ2v) is 4.39. The highest BCUT2D eigenvalue weighted by atomic mass is 19.1. The smallest absolute Gasteiger partial charge is 0.123 e. The second-order valence-electron chi connectivity index (χ2n) is 4.39. The molecule has 0 saturated carbocycles. The second kappa shape index (κ2) is 5.41. The maximum Gasteiger partial charge on any atom is 0.123 e. The Hall–Kier alpha value is -0.930. The lowest BCUT2D eigenvalue weighted by atomic mass is 10.1. The minimum absolute atomic E-state index is 0.193. The molecule has 1 aliphatic heterocycles. The lowest BCUT2D eigenvalue weighted by molar-refractivity contribution is -0.0227. The Bertz CT molecular complexity index is 325. The maximum atomic E-state index is 12.7. The number of rotatable bonds is 3. The van der Waals surface area contributed by atoms with Gasteiger partial charge in [-0.1, -0.05) is 12.1 Å². The Kier molecular flexibility index (Phi) is 3.91. The summed E-state index contributed by atoms with van der Waals surface area (Å²) in [5, 5.41) is 9.76. The number of piperidine rings is 1. The third kappa shape index (κ3) is 3.03. The van der Waals surface area contributed by atoms with E-state index in [1.807, 2.05) is 12.1 Å². The van der Waals surface area contributed by atoms with Gasteiger partial charge in [-0.25, -0.2) is 4.39 Å². The highest BCUT2D eigenvalue weighted by molar-refractivity contribution is 5.16. The van der Waals surface area contributed by atoms with Crippen LogP contribution in [-0.4, -0.2) is 29.3 Å². The molecular formula is C13H18FNO. The van der Waals surface area contributed by atoms with E-state index in [-0.39, 0.29) is 12.0 Å². The van der Waals surface area contributed by atoms with Crippen LogP contribution in [0.3, 0.4) is 0 Å². The van der Waals surface area contributed by atoms with Gasteiger partial charge < -0.3 is 5.11 Å². The molecule has 1 aromatic rings. The third-order valence-electron chi connectivity index (χ3n) is 3.18. The summed E-state index contributed by atoms with van der Waals surface area (Å²) in [6, 6.07) is 6.60. The van der Waals surface area contributed by atoms with E-state index < -0.39 is 0 Å². The third-order valence-corrected chi connectivity index (χ3v) is 3.18. The van der Waals surface area contributed by atoms with E-state index in [0.717, 1.165) is 37.9 Å². The fourth-order valence-corrected chi connectivity index (χ4v) is 2.16. The van der Waals surface area contributed by atoms with Crippen molar-refractivity contribution in [1.82, 2.24) is 4.90 Å². The molecule has 0 aliphatic carbocycles. The van der Waals surface area contributed by atoms with E-state index in [0.29, 0.717) is 0 Å². The normalized spacial score (nSPS) is 22.2. The number of hydrogen-bond acceptors (Lipinski definition) is 2. The fourth-order valence-electron chi connectivity index (χ4n) is 2.16. The van der Waals surface area contributed by atoms with Gasteiger partial charge in [-0.05, 0) is 43.4 Å². The molecule has 2 rings (SSSR count). The van der Waals surface area contributed by atoms with Crippen molar-refractivity contribution in [3.8, 4) is 0 Å². The zero-order valence-electron chi connectivity index (χ0n) is 9.40. The lowest BCUT2D eigenvalue weighted by Crippen LogP contribution is -2.40. The molecule has 1 saturated heterocycles. The molecule has 0 amide bonds. The number of likely N-dealkylation sites (tertiary alicyclic amines) is 1. The first kappa shape index (κ1) is 11.6. The van der Waals surface area contributed by atoms with Gasteiger partial charge in [0.25, 0.3) is 0 Å². The molecule has 0 radical (unpaired) electrons. The van der Waals surface area contributed by atoms with Gasteiger partial charge in [0.2, 0.25) is 0 Å². The maximum absolute atomic E-state index is 12.7. The molecule has 1 unspecified atom stereocenters. The average molecular weight is 223 g/mol. The molecule has 1 aromatic carbocycles. The van der Waals surface area contributed by atoms with Crippen LogP contribution in [0.15, 0.2) is 24.3 Å². The van der Waals surface area contributed by atoms with E-state index in [9.17, 15) is 9.50 Å². The Labute approximate surface area is 95.7 Å². The van der Waals surface area contributed by atoms with E-state index in [4.69, 9.17) is 0 Å². The van der Waals surface area contributed by atoms with Crippen LogP contribution in [0.1, 0.15) is 24.8 Å². The van der Waals surface area contributed by atoms with Crippen LogP contribution >= 0.6 is 0 Å². The topological polar surface area (TPSA) is 23.5 Å².